The first-order valence-corrected chi connectivity index (χ1v) is 21.7. The zero-order chi connectivity index (χ0) is 41.7. The molecule has 11 aromatic rings. The second kappa shape index (κ2) is 15.1. The number of anilines is 3. The van der Waals surface area contributed by atoms with Gasteiger partial charge in [-0.25, -0.2) is 0 Å². The molecule has 0 radical (unpaired) electrons. The van der Waals surface area contributed by atoms with Crippen molar-refractivity contribution in [2.45, 2.75) is 5.41 Å². The number of hydrogen-bond acceptors (Lipinski definition) is 2. The highest BCUT2D eigenvalue weighted by molar-refractivity contribution is 6.12. The molecule has 0 atom stereocenters. The highest BCUT2D eigenvalue weighted by Gasteiger charge is 2.46. The Labute approximate surface area is 367 Å². The van der Waals surface area contributed by atoms with Gasteiger partial charge in [-0.15, -0.1) is 0 Å². The summed E-state index contributed by atoms with van der Waals surface area (Å²) in [5, 5.41) is 2.24. The van der Waals surface area contributed by atoms with Crippen molar-refractivity contribution >= 4 is 39.0 Å². The number of nitrogens with zero attached hydrogens (tertiary/aromatic N) is 1. The summed E-state index contributed by atoms with van der Waals surface area (Å²) in [5.74, 6) is 0. The minimum absolute atomic E-state index is 0.490. The summed E-state index contributed by atoms with van der Waals surface area (Å²) in [6.45, 7) is 0. The average molecular weight is 804 g/mol. The molecule has 2 nitrogen and oxygen atoms in total. The monoisotopic (exact) mass is 803 g/mol. The maximum atomic E-state index is 7.03. The van der Waals surface area contributed by atoms with E-state index in [4.69, 9.17) is 4.42 Å². The fraction of sp³-hybridized carbons (Fsp3) is 0.0164. The molecule has 0 fully saturated rings. The molecular weight excluding hydrogens is 763 g/mol. The molecule has 0 bridgehead atoms. The van der Waals surface area contributed by atoms with Crippen molar-refractivity contribution in [2.75, 3.05) is 4.90 Å². The fourth-order valence-electron chi connectivity index (χ4n) is 10.1. The van der Waals surface area contributed by atoms with Crippen LogP contribution in [0.5, 0.6) is 0 Å². The minimum Gasteiger partial charge on any atom is -0.455 e. The maximum absolute atomic E-state index is 7.03. The van der Waals surface area contributed by atoms with Gasteiger partial charge in [-0.2, -0.15) is 0 Å². The molecule has 296 valence electrons. The molecule has 0 aliphatic heterocycles. The Kier molecular flexibility index (Phi) is 8.76. The SMILES string of the molecule is c1ccc(-c2ccc(N(c3ccc(-c4ccccc4)cc3)c3ccc(-c4cccc5c4oc4cc6c(cc45)-c4ccccc4C6(c4ccccc4)c4ccccc4)cc3)cc2)cc1. The van der Waals surface area contributed by atoms with Crippen molar-refractivity contribution in [1.82, 2.24) is 0 Å². The van der Waals surface area contributed by atoms with Gasteiger partial charge >= 0.3 is 0 Å². The van der Waals surface area contributed by atoms with Crippen molar-refractivity contribution in [3.05, 3.63) is 271 Å². The first kappa shape index (κ1) is 36.6. The second-order valence-electron chi connectivity index (χ2n) is 16.4. The molecule has 1 heterocycles. The van der Waals surface area contributed by atoms with Gasteiger partial charge in [-0.05, 0) is 110 Å². The maximum Gasteiger partial charge on any atom is 0.143 e. The lowest BCUT2D eigenvalue weighted by Gasteiger charge is -2.33. The van der Waals surface area contributed by atoms with Crippen molar-refractivity contribution < 1.29 is 4.42 Å². The topological polar surface area (TPSA) is 16.4 Å². The van der Waals surface area contributed by atoms with Gasteiger partial charge in [0, 0.05) is 33.4 Å². The third kappa shape index (κ3) is 6.02. The molecule has 1 aliphatic rings. The normalized spacial score (nSPS) is 12.6. The third-order valence-electron chi connectivity index (χ3n) is 13.0. The van der Waals surface area contributed by atoms with Gasteiger partial charge in [0.15, 0.2) is 0 Å². The number of furan rings is 1. The van der Waals surface area contributed by atoms with Crippen LogP contribution in [-0.2, 0) is 5.41 Å². The van der Waals surface area contributed by atoms with Gasteiger partial charge in [0.2, 0.25) is 0 Å². The summed E-state index contributed by atoms with van der Waals surface area (Å²) in [6, 6.07) is 89.8. The summed E-state index contributed by atoms with van der Waals surface area (Å²) >= 11 is 0. The molecule has 10 aromatic carbocycles. The quantitative estimate of drug-likeness (QED) is 0.152. The van der Waals surface area contributed by atoms with Crippen LogP contribution in [-0.4, -0.2) is 0 Å². The van der Waals surface area contributed by atoms with Gasteiger partial charge in [-0.3, -0.25) is 0 Å². The summed E-state index contributed by atoms with van der Waals surface area (Å²) in [6.07, 6.45) is 0. The zero-order valence-electron chi connectivity index (χ0n) is 34.5. The van der Waals surface area contributed by atoms with Gasteiger partial charge in [0.25, 0.3) is 0 Å². The summed E-state index contributed by atoms with van der Waals surface area (Å²) in [7, 11) is 0. The smallest absolute Gasteiger partial charge is 0.143 e. The van der Waals surface area contributed by atoms with Crippen molar-refractivity contribution in [3.8, 4) is 44.5 Å². The molecule has 2 heteroatoms. The van der Waals surface area contributed by atoms with Crippen molar-refractivity contribution in [2.24, 2.45) is 0 Å². The molecule has 0 saturated heterocycles. The second-order valence-corrected chi connectivity index (χ2v) is 16.4. The van der Waals surface area contributed by atoms with E-state index < -0.39 is 5.41 Å². The Morgan fingerprint density at radius 1 is 0.302 bits per heavy atom. The molecule has 1 aromatic heterocycles. The molecule has 0 unspecified atom stereocenters. The number of rotatable bonds is 8. The van der Waals surface area contributed by atoms with Crippen LogP contribution >= 0.6 is 0 Å². The van der Waals surface area contributed by atoms with E-state index in [2.05, 4.69) is 254 Å². The van der Waals surface area contributed by atoms with Gasteiger partial charge < -0.3 is 9.32 Å². The molecule has 12 rings (SSSR count). The van der Waals surface area contributed by atoms with E-state index in [1.54, 1.807) is 0 Å². The molecule has 0 amide bonds. The highest BCUT2D eigenvalue weighted by Crippen LogP contribution is 2.57. The predicted octanol–water partition coefficient (Wildman–Crippen LogP) is 16.4. The Balaban J connectivity index is 0.967. The largest absolute Gasteiger partial charge is 0.455 e. The molecule has 63 heavy (non-hydrogen) atoms. The van der Waals surface area contributed by atoms with Gasteiger partial charge in [0.1, 0.15) is 11.2 Å². The van der Waals surface area contributed by atoms with E-state index in [0.29, 0.717) is 0 Å². The Morgan fingerprint density at radius 3 is 1.29 bits per heavy atom. The Morgan fingerprint density at radius 2 is 0.746 bits per heavy atom. The molecule has 0 spiro atoms. The molecule has 0 N–H and O–H groups in total. The summed E-state index contributed by atoms with van der Waals surface area (Å²) in [4.78, 5) is 2.33. The van der Waals surface area contributed by atoms with Gasteiger partial charge in [-0.1, -0.05) is 200 Å². The number of para-hydroxylation sites is 1. The van der Waals surface area contributed by atoms with Crippen LogP contribution in [0.25, 0.3) is 66.4 Å². The predicted molar refractivity (Wildman–Crippen MR) is 262 cm³/mol. The van der Waals surface area contributed by atoms with Crippen LogP contribution in [0.15, 0.2) is 253 Å². The lowest BCUT2D eigenvalue weighted by molar-refractivity contribution is 0.667. The highest BCUT2D eigenvalue weighted by atomic mass is 16.3. The summed E-state index contributed by atoms with van der Waals surface area (Å²) in [5.41, 5.74) is 19.0. The summed E-state index contributed by atoms with van der Waals surface area (Å²) < 4.78 is 7.03. The van der Waals surface area contributed by atoms with Crippen molar-refractivity contribution in [1.29, 1.82) is 0 Å². The van der Waals surface area contributed by atoms with E-state index in [1.807, 2.05) is 0 Å². The molecule has 1 aliphatic carbocycles. The Bertz CT molecular complexity index is 3270. The minimum atomic E-state index is -0.490. The lowest BCUT2D eigenvalue weighted by atomic mass is 9.67. The third-order valence-corrected chi connectivity index (χ3v) is 13.0. The number of benzene rings is 10. The van der Waals surface area contributed by atoms with Crippen molar-refractivity contribution in [3.63, 3.8) is 0 Å². The first-order chi connectivity index (χ1) is 31.2. The average Bonchev–Trinajstić information content (AvgIpc) is 3.88. The number of hydrogen-bond donors (Lipinski definition) is 0. The fourth-order valence-corrected chi connectivity index (χ4v) is 10.1. The number of fused-ring (bicyclic) bond motifs is 6. The van der Waals surface area contributed by atoms with Crippen LogP contribution in [0, 0.1) is 0 Å². The molecular formula is C61H41NO. The first-order valence-electron chi connectivity index (χ1n) is 21.7. The van der Waals surface area contributed by atoms with Crippen LogP contribution in [0.3, 0.4) is 0 Å². The van der Waals surface area contributed by atoms with Gasteiger partial charge in [0.05, 0.1) is 5.41 Å². The van der Waals surface area contributed by atoms with E-state index in [1.165, 1.54) is 55.6 Å². The zero-order valence-corrected chi connectivity index (χ0v) is 34.5. The Hall–Kier alpha value is -8.20. The van der Waals surface area contributed by atoms with E-state index in [9.17, 15) is 0 Å². The van der Waals surface area contributed by atoms with Crippen LogP contribution < -0.4 is 4.90 Å². The van der Waals surface area contributed by atoms with Crippen LogP contribution in [0.4, 0.5) is 17.1 Å². The van der Waals surface area contributed by atoms with Crippen LogP contribution in [0.2, 0.25) is 0 Å². The molecule has 0 saturated carbocycles. The lowest BCUT2D eigenvalue weighted by Crippen LogP contribution is -2.28. The van der Waals surface area contributed by atoms with Crippen LogP contribution in [0.1, 0.15) is 22.3 Å². The van der Waals surface area contributed by atoms with E-state index in [-0.39, 0.29) is 0 Å². The van der Waals surface area contributed by atoms with E-state index >= 15 is 0 Å². The van der Waals surface area contributed by atoms with E-state index in [0.717, 1.165) is 50.1 Å². The standard InChI is InChI=1S/C61H41NO/c1-5-16-42(17-6-1)44-28-34-49(35-29-44)62(50-36-30-45(31-37-50)43-18-7-2-8-19-43)51-38-32-46(33-39-51)52-25-15-26-54-56-40-55-53-24-13-14-27-57(53)61(47-20-9-3-10-21-47,48-22-11-4-12-23-48)58(55)41-59(56)63-60(52)54/h1-41H.